The Labute approximate surface area is 117 Å². The first-order valence-electron chi connectivity index (χ1n) is 5.99. The third-order valence-electron chi connectivity index (χ3n) is 3.11. The molecule has 0 atom stereocenters. The number of benzene rings is 2. The average Bonchev–Trinajstić information content (AvgIpc) is 2.46. The molecule has 0 aliphatic carbocycles. The van der Waals surface area contributed by atoms with Crippen LogP contribution in [0.2, 0.25) is 0 Å². The third-order valence-corrected chi connectivity index (χ3v) is 3.11. The van der Waals surface area contributed by atoms with E-state index in [-0.39, 0.29) is 33.8 Å². The number of hydrogen-bond donors (Lipinski definition) is 4. The molecule has 2 aromatic carbocycles. The Bertz CT molecular complexity index is 910. The van der Waals surface area contributed by atoms with Crippen LogP contribution >= 0.6 is 0 Å². The number of fused-ring (bicyclic) bond motifs is 1. The van der Waals surface area contributed by atoms with E-state index in [1.807, 2.05) is 0 Å². The van der Waals surface area contributed by atoms with Crippen molar-refractivity contribution in [2.24, 2.45) is 0 Å². The zero-order valence-corrected chi connectivity index (χ0v) is 10.6. The van der Waals surface area contributed by atoms with E-state index in [2.05, 4.69) is 0 Å². The number of phenols is 3. The highest BCUT2D eigenvalue weighted by Gasteiger charge is 2.17. The molecule has 0 radical (unpaired) electrons. The molecule has 0 spiro atoms. The summed E-state index contributed by atoms with van der Waals surface area (Å²) in [6, 6.07) is 7.91. The molecule has 1 heterocycles. The number of phenolic OH excluding ortho intramolecular Hbond substituents is 3. The van der Waals surface area contributed by atoms with Gasteiger partial charge in [0.1, 0.15) is 0 Å². The summed E-state index contributed by atoms with van der Waals surface area (Å²) in [4.78, 5) is 12.1. The topological polar surface area (TPSA) is 111 Å². The zero-order valence-electron chi connectivity index (χ0n) is 10.6. The van der Waals surface area contributed by atoms with Crippen LogP contribution in [0.3, 0.4) is 0 Å². The molecule has 6 heteroatoms. The molecule has 1 aromatic heterocycles. The van der Waals surface area contributed by atoms with Crippen LogP contribution in [0.4, 0.5) is 0 Å². The van der Waals surface area contributed by atoms with Gasteiger partial charge in [0, 0.05) is 5.56 Å². The minimum atomic E-state index is -0.699. The fraction of sp³-hybridized carbons (Fsp3) is 0. The van der Waals surface area contributed by atoms with E-state index in [1.54, 1.807) is 0 Å². The predicted molar refractivity (Wildman–Crippen MR) is 74.6 cm³/mol. The lowest BCUT2D eigenvalue weighted by Gasteiger charge is -2.07. The van der Waals surface area contributed by atoms with Gasteiger partial charge in [-0.2, -0.15) is 0 Å². The monoisotopic (exact) mass is 286 g/mol. The van der Waals surface area contributed by atoms with Crippen molar-refractivity contribution in [2.45, 2.75) is 0 Å². The van der Waals surface area contributed by atoms with Crippen LogP contribution in [0.15, 0.2) is 45.6 Å². The van der Waals surface area contributed by atoms with Crippen molar-refractivity contribution in [1.29, 1.82) is 0 Å². The van der Waals surface area contributed by atoms with Crippen LogP contribution in [0, 0.1) is 0 Å². The Hall–Kier alpha value is -3.15. The molecule has 21 heavy (non-hydrogen) atoms. The lowest BCUT2D eigenvalue weighted by molar-refractivity contribution is 0.403. The maximum atomic E-state index is 12.1. The second kappa shape index (κ2) is 4.45. The molecule has 0 aliphatic rings. The SMILES string of the molecule is O=c1c(O)c(-c2ccc(O)c(O)c2)oc2c(O)cccc12. The highest BCUT2D eigenvalue weighted by atomic mass is 16.4. The van der Waals surface area contributed by atoms with Gasteiger partial charge >= 0.3 is 0 Å². The first-order valence-corrected chi connectivity index (χ1v) is 5.99. The van der Waals surface area contributed by atoms with Crippen molar-refractivity contribution >= 4 is 11.0 Å². The Balaban J connectivity index is 2.37. The van der Waals surface area contributed by atoms with Crippen molar-refractivity contribution in [1.82, 2.24) is 0 Å². The third kappa shape index (κ3) is 1.93. The molecule has 0 fully saturated rings. The van der Waals surface area contributed by atoms with Gasteiger partial charge in [0.2, 0.25) is 11.2 Å². The zero-order chi connectivity index (χ0) is 15.1. The van der Waals surface area contributed by atoms with Gasteiger partial charge in [0.05, 0.1) is 5.39 Å². The quantitative estimate of drug-likeness (QED) is 0.511. The maximum Gasteiger partial charge on any atom is 0.235 e. The number of hydrogen-bond acceptors (Lipinski definition) is 6. The van der Waals surface area contributed by atoms with E-state index in [0.29, 0.717) is 0 Å². The van der Waals surface area contributed by atoms with Gasteiger partial charge in [-0.1, -0.05) is 6.07 Å². The first kappa shape index (κ1) is 12.9. The van der Waals surface area contributed by atoms with Gasteiger partial charge < -0.3 is 24.8 Å². The van der Waals surface area contributed by atoms with Crippen molar-refractivity contribution < 1.29 is 24.8 Å². The highest BCUT2D eigenvalue weighted by molar-refractivity contribution is 5.86. The molecular formula is C15H10O6. The van der Waals surface area contributed by atoms with Crippen molar-refractivity contribution in [3.63, 3.8) is 0 Å². The molecule has 4 N–H and O–H groups in total. The van der Waals surface area contributed by atoms with Crippen LogP contribution in [0.25, 0.3) is 22.3 Å². The van der Waals surface area contributed by atoms with Gasteiger partial charge in [0.15, 0.2) is 28.6 Å². The summed E-state index contributed by atoms with van der Waals surface area (Å²) in [6.07, 6.45) is 0. The minimum absolute atomic E-state index is 0.0410. The Kier molecular flexibility index (Phi) is 2.72. The van der Waals surface area contributed by atoms with Gasteiger partial charge in [-0.25, -0.2) is 0 Å². The van der Waals surface area contributed by atoms with Crippen molar-refractivity contribution in [3.8, 4) is 34.3 Å². The smallest absolute Gasteiger partial charge is 0.235 e. The van der Waals surface area contributed by atoms with Gasteiger partial charge in [-0.05, 0) is 30.3 Å². The van der Waals surface area contributed by atoms with Crippen LogP contribution in [-0.4, -0.2) is 20.4 Å². The van der Waals surface area contributed by atoms with Crippen LogP contribution in [0.5, 0.6) is 23.0 Å². The van der Waals surface area contributed by atoms with Gasteiger partial charge in [-0.15, -0.1) is 0 Å². The summed E-state index contributed by atoms with van der Waals surface area (Å²) in [5.74, 6) is -1.85. The molecule has 3 rings (SSSR count). The minimum Gasteiger partial charge on any atom is -0.504 e. The fourth-order valence-corrected chi connectivity index (χ4v) is 2.05. The molecule has 0 unspecified atom stereocenters. The molecule has 0 amide bonds. The number of para-hydroxylation sites is 1. The summed E-state index contributed by atoms with van der Waals surface area (Å²) in [5, 5.41) is 38.5. The van der Waals surface area contributed by atoms with Crippen molar-refractivity contribution in [3.05, 3.63) is 46.6 Å². The Morgan fingerprint density at radius 3 is 2.33 bits per heavy atom. The van der Waals surface area contributed by atoms with E-state index < -0.39 is 16.9 Å². The Morgan fingerprint density at radius 1 is 0.857 bits per heavy atom. The summed E-state index contributed by atoms with van der Waals surface area (Å²) < 4.78 is 5.39. The molecule has 0 saturated carbocycles. The Morgan fingerprint density at radius 2 is 1.62 bits per heavy atom. The van der Waals surface area contributed by atoms with E-state index in [1.165, 1.54) is 30.3 Å². The molecule has 0 aliphatic heterocycles. The van der Waals surface area contributed by atoms with E-state index >= 15 is 0 Å². The normalized spacial score (nSPS) is 10.9. The first-order chi connectivity index (χ1) is 9.99. The summed E-state index contributed by atoms with van der Waals surface area (Å²) in [7, 11) is 0. The molecule has 6 nitrogen and oxygen atoms in total. The standard InChI is InChI=1S/C15H10O6/c16-9-5-4-7(6-11(9)18)14-13(20)12(19)8-2-1-3-10(17)15(8)21-14/h1-6,16-18,20H. The second-order valence-corrected chi connectivity index (χ2v) is 4.47. The number of aromatic hydroxyl groups is 4. The molecular weight excluding hydrogens is 276 g/mol. The van der Waals surface area contributed by atoms with Crippen LogP contribution < -0.4 is 5.43 Å². The molecule has 106 valence electrons. The second-order valence-electron chi connectivity index (χ2n) is 4.47. The van der Waals surface area contributed by atoms with Gasteiger partial charge in [-0.3, -0.25) is 4.79 Å². The largest absolute Gasteiger partial charge is 0.504 e. The summed E-state index contributed by atoms with van der Waals surface area (Å²) in [5.41, 5.74) is -0.581. The summed E-state index contributed by atoms with van der Waals surface area (Å²) in [6.45, 7) is 0. The predicted octanol–water partition coefficient (Wildman–Crippen LogP) is 2.28. The van der Waals surface area contributed by atoms with Crippen molar-refractivity contribution in [2.75, 3.05) is 0 Å². The summed E-state index contributed by atoms with van der Waals surface area (Å²) >= 11 is 0. The fourth-order valence-electron chi connectivity index (χ4n) is 2.05. The molecule has 0 bridgehead atoms. The van der Waals surface area contributed by atoms with Gasteiger partial charge in [0.25, 0.3) is 0 Å². The van der Waals surface area contributed by atoms with Crippen LogP contribution in [-0.2, 0) is 0 Å². The van der Waals surface area contributed by atoms with E-state index in [0.717, 1.165) is 6.07 Å². The lowest BCUT2D eigenvalue weighted by atomic mass is 10.1. The lowest BCUT2D eigenvalue weighted by Crippen LogP contribution is -2.02. The average molecular weight is 286 g/mol. The van der Waals surface area contributed by atoms with Crippen LogP contribution in [0.1, 0.15) is 0 Å². The molecule has 3 aromatic rings. The number of rotatable bonds is 1. The highest BCUT2D eigenvalue weighted by Crippen LogP contribution is 2.36. The molecule has 0 saturated heterocycles. The maximum absolute atomic E-state index is 12.1. The van der Waals surface area contributed by atoms with E-state index in [4.69, 9.17) is 4.42 Å². The van der Waals surface area contributed by atoms with E-state index in [9.17, 15) is 25.2 Å².